The van der Waals surface area contributed by atoms with E-state index in [0.29, 0.717) is 12.8 Å². The number of carbonyl (C=O) groups is 2. The highest BCUT2D eigenvalue weighted by Crippen LogP contribution is 2.15. The highest BCUT2D eigenvalue weighted by atomic mass is 16.6. The molecule has 0 amide bonds. The van der Waals surface area contributed by atoms with E-state index in [1.165, 1.54) is 154 Å². The van der Waals surface area contributed by atoms with Gasteiger partial charge in [-0.3, -0.25) is 9.59 Å². The maximum Gasteiger partial charge on any atom is 0.306 e. The van der Waals surface area contributed by atoms with Crippen molar-refractivity contribution in [1.29, 1.82) is 0 Å². The Kier molecular flexibility index (Phi) is 32.6. The summed E-state index contributed by atoms with van der Waals surface area (Å²) < 4.78 is 10.8. The Labute approximate surface area is 256 Å². The highest BCUT2D eigenvalue weighted by Gasteiger charge is 2.12. The molecule has 41 heavy (non-hydrogen) atoms. The van der Waals surface area contributed by atoms with Crippen molar-refractivity contribution in [2.75, 3.05) is 6.61 Å². The van der Waals surface area contributed by atoms with Crippen LogP contribution in [0.1, 0.15) is 213 Å². The van der Waals surface area contributed by atoms with Crippen molar-refractivity contribution in [1.82, 2.24) is 0 Å². The van der Waals surface area contributed by atoms with E-state index in [9.17, 15) is 9.59 Å². The first-order valence-electron chi connectivity index (χ1n) is 18.4. The van der Waals surface area contributed by atoms with Crippen LogP contribution in [0, 0.1) is 0 Å². The lowest BCUT2D eigenvalue weighted by Gasteiger charge is -2.13. The van der Waals surface area contributed by atoms with E-state index in [-0.39, 0.29) is 24.6 Å². The predicted octanol–water partition coefficient (Wildman–Crippen LogP) is 12.2. The van der Waals surface area contributed by atoms with Gasteiger partial charge >= 0.3 is 11.9 Å². The SMILES string of the molecule is CCCCCCCCCCCCCCCCCC(=O)OC(C)COC(=O)CCCCCCCCCCCCCCC. The fourth-order valence-corrected chi connectivity index (χ4v) is 5.53. The van der Waals surface area contributed by atoms with E-state index in [4.69, 9.17) is 9.47 Å². The number of hydrogen-bond acceptors (Lipinski definition) is 4. The molecule has 0 saturated heterocycles. The van der Waals surface area contributed by atoms with Crippen LogP contribution in [0.3, 0.4) is 0 Å². The minimum absolute atomic E-state index is 0.167. The largest absolute Gasteiger partial charge is 0.462 e. The normalized spacial score (nSPS) is 12.0. The third-order valence-corrected chi connectivity index (χ3v) is 8.28. The molecule has 0 fully saturated rings. The molecule has 244 valence electrons. The van der Waals surface area contributed by atoms with Gasteiger partial charge in [0.05, 0.1) is 0 Å². The molecule has 0 aromatic rings. The maximum atomic E-state index is 12.1. The number of unbranched alkanes of at least 4 members (excludes halogenated alkanes) is 26. The van der Waals surface area contributed by atoms with Crippen molar-refractivity contribution in [3.63, 3.8) is 0 Å². The number of carbonyl (C=O) groups excluding carboxylic acids is 2. The minimum Gasteiger partial charge on any atom is -0.462 e. The molecule has 0 rings (SSSR count). The Morgan fingerprint density at radius 2 is 0.683 bits per heavy atom. The summed E-state index contributed by atoms with van der Waals surface area (Å²) in [4.78, 5) is 24.1. The summed E-state index contributed by atoms with van der Waals surface area (Å²) in [6.07, 6.45) is 37.1. The van der Waals surface area contributed by atoms with Gasteiger partial charge in [0.1, 0.15) is 12.7 Å². The van der Waals surface area contributed by atoms with Gasteiger partial charge in [0.2, 0.25) is 0 Å². The van der Waals surface area contributed by atoms with E-state index in [1.54, 1.807) is 0 Å². The number of ether oxygens (including phenoxy) is 2. The first-order valence-corrected chi connectivity index (χ1v) is 18.4. The van der Waals surface area contributed by atoms with Gasteiger partial charge in [0.15, 0.2) is 0 Å². The summed E-state index contributed by atoms with van der Waals surface area (Å²) >= 11 is 0. The summed E-state index contributed by atoms with van der Waals surface area (Å²) in [5, 5.41) is 0. The Balaban J connectivity index is 3.39. The average molecular weight is 581 g/mol. The lowest BCUT2D eigenvalue weighted by atomic mass is 10.0. The zero-order chi connectivity index (χ0) is 30.1. The van der Waals surface area contributed by atoms with Gasteiger partial charge in [-0.25, -0.2) is 0 Å². The zero-order valence-corrected chi connectivity index (χ0v) is 28.1. The van der Waals surface area contributed by atoms with Crippen LogP contribution in [-0.2, 0) is 19.1 Å². The van der Waals surface area contributed by atoms with Crippen molar-refractivity contribution in [2.24, 2.45) is 0 Å². The van der Waals surface area contributed by atoms with Crippen LogP contribution in [0.4, 0.5) is 0 Å². The van der Waals surface area contributed by atoms with Crippen molar-refractivity contribution >= 4 is 11.9 Å². The van der Waals surface area contributed by atoms with Gasteiger partial charge in [-0.15, -0.1) is 0 Å². The number of rotatable bonds is 33. The van der Waals surface area contributed by atoms with Gasteiger partial charge in [0.25, 0.3) is 0 Å². The second-order valence-corrected chi connectivity index (χ2v) is 12.7. The lowest BCUT2D eigenvalue weighted by molar-refractivity contribution is -0.158. The number of esters is 2. The second kappa shape index (κ2) is 33.4. The molecular weight excluding hydrogens is 508 g/mol. The topological polar surface area (TPSA) is 52.6 Å². The standard InChI is InChI=1S/C37H72O4/c1-4-6-8-10-12-14-16-18-19-21-23-25-27-29-31-33-37(39)41-35(3)34-40-36(38)32-30-28-26-24-22-20-17-15-13-11-9-7-5-2/h35H,4-34H2,1-3H3. The van der Waals surface area contributed by atoms with E-state index in [0.717, 1.165) is 25.7 Å². The summed E-state index contributed by atoms with van der Waals surface area (Å²) in [5.74, 6) is -0.335. The molecule has 0 N–H and O–H groups in total. The zero-order valence-electron chi connectivity index (χ0n) is 28.1. The summed E-state index contributed by atoms with van der Waals surface area (Å²) in [7, 11) is 0. The van der Waals surface area contributed by atoms with Crippen molar-refractivity contribution in [3.05, 3.63) is 0 Å². The molecule has 0 aliphatic rings. The first kappa shape index (κ1) is 39.9. The Morgan fingerprint density at radius 1 is 0.415 bits per heavy atom. The van der Waals surface area contributed by atoms with Gasteiger partial charge in [-0.1, -0.05) is 181 Å². The van der Waals surface area contributed by atoms with Crippen LogP contribution in [0.2, 0.25) is 0 Å². The molecule has 0 aliphatic heterocycles. The molecule has 1 atom stereocenters. The van der Waals surface area contributed by atoms with Gasteiger partial charge < -0.3 is 9.47 Å². The van der Waals surface area contributed by atoms with Crippen molar-refractivity contribution < 1.29 is 19.1 Å². The molecular formula is C37H72O4. The molecule has 0 aromatic carbocycles. The fraction of sp³-hybridized carbons (Fsp3) is 0.946. The average Bonchev–Trinajstić information content (AvgIpc) is 2.96. The van der Waals surface area contributed by atoms with Crippen LogP contribution in [0.5, 0.6) is 0 Å². The van der Waals surface area contributed by atoms with E-state index in [1.807, 2.05) is 6.92 Å². The maximum absolute atomic E-state index is 12.1. The van der Waals surface area contributed by atoms with Crippen molar-refractivity contribution in [3.8, 4) is 0 Å². The van der Waals surface area contributed by atoms with E-state index >= 15 is 0 Å². The van der Waals surface area contributed by atoms with Gasteiger partial charge in [-0.2, -0.15) is 0 Å². The molecule has 0 heterocycles. The lowest BCUT2D eigenvalue weighted by Crippen LogP contribution is -2.22. The molecule has 1 unspecified atom stereocenters. The van der Waals surface area contributed by atoms with Gasteiger partial charge in [0, 0.05) is 12.8 Å². The summed E-state index contributed by atoms with van der Waals surface area (Å²) in [5.41, 5.74) is 0. The van der Waals surface area contributed by atoms with E-state index < -0.39 is 0 Å². The van der Waals surface area contributed by atoms with Crippen LogP contribution in [-0.4, -0.2) is 24.6 Å². The molecule has 0 aromatic heterocycles. The monoisotopic (exact) mass is 581 g/mol. The highest BCUT2D eigenvalue weighted by molar-refractivity contribution is 5.70. The third kappa shape index (κ3) is 33.3. The smallest absolute Gasteiger partial charge is 0.306 e. The molecule has 4 heteroatoms. The molecule has 0 spiro atoms. The molecule has 0 bridgehead atoms. The predicted molar refractivity (Wildman–Crippen MR) is 176 cm³/mol. The minimum atomic E-state index is -0.366. The van der Waals surface area contributed by atoms with Crippen LogP contribution >= 0.6 is 0 Å². The Hall–Kier alpha value is -1.06. The van der Waals surface area contributed by atoms with Crippen LogP contribution < -0.4 is 0 Å². The summed E-state index contributed by atoms with van der Waals surface area (Å²) in [6.45, 7) is 6.52. The Morgan fingerprint density at radius 3 is 1.00 bits per heavy atom. The first-order chi connectivity index (χ1) is 20.1. The second-order valence-electron chi connectivity index (χ2n) is 12.7. The molecule has 4 nitrogen and oxygen atoms in total. The van der Waals surface area contributed by atoms with Crippen molar-refractivity contribution in [2.45, 2.75) is 219 Å². The molecule has 0 aliphatic carbocycles. The molecule has 0 radical (unpaired) electrons. The quantitative estimate of drug-likeness (QED) is 0.0572. The molecule has 0 saturated carbocycles. The third-order valence-electron chi connectivity index (χ3n) is 8.28. The van der Waals surface area contributed by atoms with Crippen LogP contribution in [0.15, 0.2) is 0 Å². The van der Waals surface area contributed by atoms with Gasteiger partial charge in [-0.05, 0) is 19.8 Å². The number of hydrogen-bond donors (Lipinski definition) is 0. The fourth-order valence-electron chi connectivity index (χ4n) is 5.53. The Bertz CT molecular complexity index is 547. The summed E-state index contributed by atoms with van der Waals surface area (Å²) in [6, 6.07) is 0. The van der Waals surface area contributed by atoms with Crippen LogP contribution in [0.25, 0.3) is 0 Å². The van der Waals surface area contributed by atoms with E-state index in [2.05, 4.69) is 13.8 Å².